The second kappa shape index (κ2) is 6.96. The lowest BCUT2D eigenvalue weighted by molar-refractivity contribution is -0.118. The summed E-state index contributed by atoms with van der Waals surface area (Å²) < 4.78 is 5.45. The van der Waals surface area contributed by atoms with Gasteiger partial charge in [0.2, 0.25) is 0 Å². The van der Waals surface area contributed by atoms with Crippen molar-refractivity contribution < 1.29 is 19.4 Å². The molecule has 0 spiro atoms. The molecule has 0 radical (unpaired) electrons. The van der Waals surface area contributed by atoms with E-state index in [2.05, 4.69) is 5.32 Å². The zero-order valence-corrected chi connectivity index (χ0v) is 17.3. The van der Waals surface area contributed by atoms with E-state index in [1.165, 1.54) is 10.5 Å². The number of hydrogen-bond donors (Lipinski definition) is 2. The fraction of sp³-hybridized carbons (Fsp3) is 0.200. The fourth-order valence-corrected chi connectivity index (χ4v) is 4.29. The van der Waals surface area contributed by atoms with Crippen LogP contribution in [0.15, 0.2) is 60.7 Å². The van der Waals surface area contributed by atoms with Gasteiger partial charge in [0, 0.05) is 23.2 Å². The molecule has 0 saturated carbocycles. The van der Waals surface area contributed by atoms with Gasteiger partial charge in [0.25, 0.3) is 11.8 Å². The predicted molar refractivity (Wildman–Crippen MR) is 116 cm³/mol. The summed E-state index contributed by atoms with van der Waals surface area (Å²) in [5, 5.41) is 14.8. The Hall–Kier alpha value is -3.64. The van der Waals surface area contributed by atoms with Crippen LogP contribution >= 0.6 is 0 Å². The van der Waals surface area contributed by atoms with Gasteiger partial charge >= 0.3 is 0 Å². The Morgan fingerprint density at radius 1 is 1.03 bits per heavy atom. The largest absolute Gasteiger partial charge is 0.482 e. The quantitative estimate of drug-likeness (QED) is 0.688. The molecule has 0 bridgehead atoms. The van der Waals surface area contributed by atoms with Crippen molar-refractivity contribution in [1.29, 1.82) is 0 Å². The molecule has 1 atom stereocenters. The van der Waals surface area contributed by atoms with Crippen molar-refractivity contribution in [3.8, 4) is 5.75 Å². The Bertz CT molecular complexity index is 1240. The molecular formula is C25H22N2O4. The van der Waals surface area contributed by atoms with Crippen LogP contribution in [0.4, 0.5) is 5.69 Å². The molecule has 2 N–H and O–H groups in total. The van der Waals surface area contributed by atoms with Crippen LogP contribution in [-0.2, 0) is 17.1 Å². The first-order valence-corrected chi connectivity index (χ1v) is 10.1. The van der Waals surface area contributed by atoms with Crippen LogP contribution in [0.1, 0.15) is 38.2 Å². The smallest absolute Gasteiger partial charge is 0.262 e. The lowest BCUT2D eigenvalue weighted by atomic mass is 9.92. The maximum absolute atomic E-state index is 13.4. The summed E-state index contributed by atoms with van der Waals surface area (Å²) in [6.07, 6.45) is 0. The van der Waals surface area contributed by atoms with Crippen LogP contribution < -0.4 is 10.1 Å². The summed E-state index contributed by atoms with van der Waals surface area (Å²) in [5.41, 5.74) is 3.49. The van der Waals surface area contributed by atoms with E-state index in [-0.39, 0.29) is 25.0 Å². The van der Waals surface area contributed by atoms with E-state index in [0.717, 1.165) is 11.1 Å². The van der Waals surface area contributed by atoms with Gasteiger partial charge in [-0.1, -0.05) is 42.5 Å². The van der Waals surface area contributed by atoms with Crippen molar-refractivity contribution in [3.63, 3.8) is 0 Å². The van der Waals surface area contributed by atoms with Crippen molar-refractivity contribution in [3.05, 3.63) is 94.0 Å². The van der Waals surface area contributed by atoms with E-state index in [1.54, 1.807) is 42.5 Å². The van der Waals surface area contributed by atoms with Crippen molar-refractivity contribution in [1.82, 2.24) is 4.90 Å². The second-order valence-electron chi connectivity index (χ2n) is 8.08. The van der Waals surface area contributed by atoms with Crippen LogP contribution in [0.3, 0.4) is 0 Å². The molecule has 0 aliphatic carbocycles. The summed E-state index contributed by atoms with van der Waals surface area (Å²) in [5.74, 6) is 0.0335. The van der Waals surface area contributed by atoms with Gasteiger partial charge in [0.1, 0.15) is 5.75 Å². The number of aryl methyl sites for hydroxylation is 2. The monoisotopic (exact) mass is 414 g/mol. The topological polar surface area (TPSA) is 78.9 Å². The van der Waals surface area contributed by atoms with Gasteiger partial charge in [-0.05, 0) is 48.7 Å². The van der Waals surface area contributed by atoms with Crippen LogP contribution in [0.2, 0.25) is 0 Å². The summed E-state index contributed by atoms with van der Waals surface area (Å²) >= 11 is 0. The van der Waals surface area contributed by atoms with E-state index >= 15 is 0 Å². The van der Waals surface area contributed by atoms with Crippen LogP contribution in [0, 0.1) is 13.8 Å². The molecule has 2 aliphatic rings. The molecule has 3 aromatic rings. The average Bonchev–Trinajstić information content (AvgIpc) is 2.99. The van der Waals surface area contributed by atoms with E-state index in [9.17, 15) is 14.7 Å². The minimum Gasteiger partial charge on any atom is -0.482 e. The van der Waals surface area contributed by atoms with E-state index < -0.39 is 5.72 Å². The third-order valence-electron chi connectivity index (χ3n) is 6.10. The Morgan fingerprint density at radius 3 is 2.65 bits per heavy atom. The second-order valence-corrected chi connectivity index (χ2v) is 8.08. The number of aliphatic hydroxyl groups is 1. The Kier molecular flexibility index (Phi) is 4.34. The molecule has 0 saturated heterocycles. The highest BCUT2D eigenvalue weighted by molar-refractivity contribution is 6.00. The highest BCUT2D eigenvalue weighted by atomic mass is 16.5. The molecule has 0 fully saturated rings. The molecule has 156 valence electrons. The highest BCUT2D eigenvalue weighted by Crippen LogP contribution is 2.45. The normalized spacial score (nSPS) is 19.5. The minimum absolute atomic E-state index is 0.0448. The SMILES string of the molecule is Cc1ccc(CN2C(=O)c3ccccc3C2(O)c2ccc3c(c2)NC(=O)CO3)cc1C. The number of fused-ring (bicyclic) bond motifs is 2. The molecule has 2 heterocycles. The summed E-state index contributed by atoms with van der Waals surface area (Å²) in [4.78, 5) is 26.6. The first kappa shape index (κ1) is 19.3. The summed E-state index contributed by atoms with van der Waals surface area (Å²) in [6.45, 7) is 4.26. The Balaban J connectivity index is 1.64. The molecular weight excluding hydrogens is 392 g/mol. The van der Waals surface area contributed by atoms with Gasteiger partial charge in [-0.15, -0.1) is 0 Å². The first-order chi connectivity index (χ1) is 14.9. The first-order valence-electron chi connectivity index (χ1n) is 10.1. The number of anilines is 1. The van der Waals surface area contributed by atoms with Crippen LogP contribution in [0.5, 0.6) is 5.75 Å². The van der Waals surface area contributed by atoms with Crippen molar-refractivity contribution in [2.24, 2.45) is 0 Å². The van der Waals surface area contributed by atoms with Crippen molar-refractivity contribution in [2.75, 3.05) is 11.9 Å². The fourth-order valence-electron chi connectivity index (χ4n) is 4.29. The zero-order valence-electron chi connectivity index (χ0n) is 17.3. The Labute approximate surface area is 180 Å². The molecule has 31 heavy (non-hydrogen) atoms. The van der Waals surface area contributed by atoms with Gasteiger partial charge in [0.15, 0.2) is 12.3 Å². The zero-order chi connectivity index (χ0) is 21.8. The molecule has 6 nitrogen and oxygen atoms in total. The van der Waals surface area contributed by atoms with Gasteiger partial charge < -0.3 is 15.2 Å². The highest BCUT2D eigenvalue weighted by Gasteiger charge is 2.50. The van der Waals surface area contributed by atoms with Crippen LogP contribution in [0.25, 0.3) is 0 Å². The summed E-state index contributed by atoms with van der Waals surface area (Å²) in [7, 11) is 0. The van der Waals surface area contributed by atoms with Crippen molar-refractivity contribution >= 4 is 17.5 Å². The molecule has 2 amide bonds. The van der Waals surface area contributed by atoms with Crippen molar-refractivity contribution in [2.45, 2.75) is 26.1 Å². The number of carbonyl (C=O) groups is 2. The standard InChI is InChI=1S/C25H22N2O4/c1-15-7-8-17(11-16(15)2)13-27-24(29)19-5-3-4-6-20(19)25(27,30)18-9-10-22-21(12-18)26-23(28)14-31-22/h3-12,30H,13-14H2,1-2H3,(H,26,28). The maximum atomic E-state index is 13.4. The van der Waals surface area contributed by atoms with Gasteiger partial charge in [-0.2, -0.15) is 0 Å². The number of nitrogens with one attached hydrogen (secondary N) is 1. The van der Waals surface area contributed by atoms with Gasteiger partial charge in [0.05, 0.1) is 5.69 Å². The lowest BCUT2D eigenvalue weighted by Gasteiger charge is -2.35. The third-order valence-corrected chi connectivity index (χ3v) is 6.10. The molecule has 3 aromatic carbocycles. The van der Waals surface area contributed by atoms with Crippen LogP contribution in [-0.4, -0.2) is 28.4 Å². The molecule has 6 heteroatoms. The molecule has 0 aromatic heterocycles. The number of hydrogen-bond acceptors (Lipinski definition) is 4. The molecule has 1 unspecified atom stereocenters. The number of rotatable bonds is 3. The lowest BCUT2D eigenvalue weighted by Crippen LogP contribution is -2.44. The molecule has 5 rings (SSSR count). The Morgan fingerprint density at radius 2 is 1.84 bits per heavy atom. The van der Waals surface area contributed by atoms with E-state index in [1.807, 2.05) is 32.0 Å². The maximum Gasteiger partial charge on any atom is 0.262 e. The van der Waals surface area contributed by atoms with E-state index in [0.29, 0.717) is 28.1 Å². The minimum atomic E-state index is -1.68. The van der Waals surface area contributed by atoms with Gasteiger partial charge in [-0.3, -0.25) is 14.5 Å². The average molecular weight is 414 g/mol. The number of nitrogens with zero attached hydrogens (tertiary/aromatic N) is 1. The van der Waals surface area contributed by atoms with E-state index in [4.69, 9.17) is 4.74 Å². The predicted octanol–water partition coefficient (Wildman–Crippen LogP) is 3.48. The number of carbonyl (C=O) groups excluding carboxylic acids is 2. The number of ether oxygens (including phenoxy) is 1. The number of amides is 2. The van der Waals surface area contributed by atoms with Gasteiger partial charge in [-0.25, -0.2) is 0 Å². The third kappa shape index (κ3) is 2.99. The summed E-state index contributed by atoms with van der Waals surface area (Å²) in [6, 6.07) is 18.2. The molecule has 2 aliphatic heterocycles. The number of benzene rings is 3.